The third kappa shape index (κ3) is 1.18. The molecule has 2 fully saturated rings. The maximum atomic E-state index is 8.96. The van der Waals surface area contributed by atoms with Crippen LogP contribution in [0.3, 0.4) is 0 Å². The fraction of sp³-hybridized carbons (Fsp3) is 0.909. The van der Waals surface area contributed by atoms with E-state index in [0.717, 1.165) is 0 Å². The summed E-state index contributed by atoms with van der Waals surface area (Å²) in [5, 5.41) is 8.96. The summed E-state index contributed by atoms with van der Waals surface area (Å²) in [6.45, 7) is 4.41. The summed E-state index contributed by atoms with van der Waals surface area (Å²) < 4.78 is 5.70. The summed E-state index contributed by atoms with van der Waals surface area (Å²) in [4.78, 5) is 0. The van der Waals surface area contributed by atoms with Crippen molar-refractivity contribution in [3.05, 3.63) is 0 Å². The molecule has 0 aromatic carbocycles. The van der Waals surface area contributed by atoms with Crippen LogP contribution in [-0.4, -0.2) is 12.2 Å². The van der Waals surface area contributed by atoms with Crippen molar-refractivity contribution in [3.8, 4) is 6.07 Å². The second kappa shape index (κ2) is 2.99. The average Bonchev–Trinajstić information content (AvgIpc) is 2.39. The van der Waals surface area contributed by atoms with Gasteiger partial charge in [0.05, 0.1) is 12.2 Å². The number of ether oxygens (including phenoxy) is 1. The van der Waals surface area contributed by atoms with Crippen molar-refractivity contribution in [2.45, 2.75) is 51.7 Å². The van der Waals surface area contributed by atoms with Crippen molar-refractivity contribution < 1.29 is 4.74 Å². The van der Waals surface area contributed by atoms with E-state index in [2.05, 4.69) is 19.9 Å². The molecule has 0 N–H and O–H groups in total. The molecule has 13 heavy (non-hydrogen) atoms. The molecular weight excluding hydrogens is 162 g/mol. The first-order chi connectivity index (χ1) is 6.18. The second-order valence-corrected chi connectivity index (χ2v) is 4.69. The molecule has 0 aromatic rings. The van der Waals surface area contributed by atoms with Gasteiger partial charge in [-0.3, -0.25) is 0 Å². The number of fused-ring (bicyclic) bond motifs is 1. The van der Waals surface area contributed by atoms with Crippen LogP contribution in [0.25, 0.3) is 0 Å². The predicted octanol–water partition coefficient (Wildman–Crippen LogP) is 2.49. The van der Waals surface area contributed by atoms with Gasteiger partial charge < -0.3 is 4.74 Å². The fourth-order valence-corrected chi connectivity index (χ4v) is 2.98. The number of hydrogen-bond acceptors (Lipinski definition) is 2. The lowest BCUT2D eigenvalue weighted by Crippen LogP contribution is -2.35. The molecule has 2 heteroatoms. The van der Waals surface area contributed by atoms with E-state index in [1.54, 1.807) is 0 Å². The summed E-state index contributed by atoms with van der Waals surface area (Å²) in [7, 11) is 0. The van der Waals surface area contributed by atoms with Crippen LogP contribution in [0.15, 0.2) is 0 Å². The smallest absolute Gasteiger partial charge is 0.147 e. The van der Waals surface area contributed by atoms with E-state index in [4.69, 9.17) is 10.00 Å². The summed E-state index contributed by atoms with van der Waals surface area (Å²) >= 11 is 0. The van der Waals surface area contributed by atoms with Crippen LogP contribution in [0.5, 0.6) is 0 Å². The van der Waals surface area contributed by atoms with Gasteiger partial charge >= 0.3 is 0 Å². The molecule has 4 atom stereocenters. The molecule has 2 aliphatic rings. The largest absolute Gasteiger partial charge is 0.359 e. The van der Waals surface area contributed by atoms with E-state index in [0.29, 0.717) is 5.92 Å². The van der Waals surface area contributed by atoms with Crippen molar-refractivity contribution >= 4 is 0 Å². The number of hydrogen-bond donors (Lipinski definition) is 0. The molecule has 1 saturated heterocycles. The van der Waals surface area contributed by atoms with E-state index < -0.39 is 0 Å². The Labute approximate surface area is 79.9 Å². The molecular formula is C11H17NO. The van der Waals surface area contributed by atoms with Crippen molar-refractivity contribution in [2.24, 2.45) is 11.3 Å². The predicted molar refractivity (Wildman–Crippen MR) is 50.0 cm³/mol. The summed E-state index contributed by atoms with van der Waals surface area (Å²) in [6.07, 6.45) is 5.12. The van der Waals surface area contributed by atoms with Crippen molar-refractivity contribution in [3.63, 3.8) is 0 Å². The maximum Gasteiger partial charge on any atom is 0.147 e. The van der Waals surface area contributed by atoms with Gasteiger partial charge in [0.2, 0.25) is 0 Å². The quantitative estimate of drug-likeness (QED) is 0.572. The van der Waals surface area contributed by atoms with Gasteiger partial charge in [-0.05, 0) is 25.2 Å². The molecule has 0 bridgehead atoms. The van der Waals surface area contributed by atoms with Gasteiger partial charge in [0.25, 0.3) is 0 Å². The molecule has 0 spiro atoms. The lowest BCUT2D eigenvalue weighted by molar-refractivity contribution is 0.0443. The fourth-order valence-electron chi connectivity index (χ4n) is 2.98. The Hall–Kier alpha value is -0.550. The molecule has 0 aromatic heterocycles. The summed E-state index contributed by atoms with van der Waals surface area (Å²) in [5.41, 5.74) is 0.276. The third-order valence-corrected chi connectivity index (χ3v) is 4.10. The average molecular weight is 179 g/mol. The molecule has 0 amide bonds. The Morgan fingerprint density at radius 1 is 1.46 bits per heavy atom. The highest BCUT2D eigenvalue weighted by Crippen LogP contribution is 2.51. The molecule has 2 nitrogen and oxygen atoms in total. The minimum absolute atomic E-state index is 0.139. The van der Waals surface area contributed by atoms with E-state index >= 15 is 0 Å². The van der Waals surface area contributed by atoms with Gasteiger partial charge in [-0.25, -0.2) is 0 Å². The van der Waals surface area contributed by atoms with E-state index in [9.17, 15) is 0 Å². The Morgan fingerprint density at radius 2 is 2.23 bits per heavy atom. The van der Waals surface area contributed by atoms with Crippen LogP contribution in [0.4, 0.5) is 0 Å². The number of rotatable bonds is 0. The lowest BCUT2D eigenvalue weighted by Gasteiger charge is -2.37. The Balaban J connectivity index is 2.25. The van der Waals surface area contributed by atoms with E-state index in [-0.39, 0.29) is 17.6 Å². The van der Waals surface area contributed by atoms with Crippen LogP contribution in [0.2, 0.25) is 0 Å². The highest BCUT2D eigenvalue weighted by Gasteiger charge is 2.51. The Morgan fingerprint density at radius 3 is 2.92 bits per heavy atom. The number of nitriles is 1. The maximum absolute atomic E-state index is 8.96. The zero-order valence-corrected chi connectivity index (χ0v) is 8.42. The first-order valence-electron chi connectivity index (χ1n) is 5.23. The topological polar surface area (TPSA) is 33.0 Å². The minimum atomic E-state index is -0.139. The molecule has 0 radical (unpaired) electrons. The van der Waals surface area contributed by atoms with Crippen molar-refractivity contribution in [2.75, 3.05) is 0 Å². The summed E-state index contributed by atoms with van der Waals surface area (Å²) in [6, 6.07) is 2.30. The zero-order valence-electron chi connectivity index (χ0n) is 8.42. The molecule has 72 valence electrons. The van der Waals surface area contributed by atoms with Gasteiger partial charge in [-0.15, -0.1) is 0 Å². The van der Waals surface area contributed by atoms with Gasteiger partial charge in [0.1, 0.15) is 6.10 Å². The van der Waals surface area contributed by atoms with Crippen molar-refractivity contribution in [1.29, 1.82) is 5.26 Å². The van der Waals surface area contributed by atoms with Gasteiger partial charge in [0, 0.05) is 5.92 Å². The summed E-state index contributed by atoms with van der Waals surface area (Å²) in [5.74, 6) is 0.487. The molecule has 0 unspecified atom stereocenters. The molecule has 1 aliphatic carbocycles. The normalized spacial score (nSPS) is 49.8. The van der Waals surface area contributed by atoms with Crippen LogP contribution >= 0.6 is 0 Å². The first-order valence-corrected chi connectivity index (χ1v) is 5.23. The van der Waals surface area contributed by atoms with Crippen LogP contribution in [0, 0.1) is 22.7 Å². The first kappa shape index (κ1) is 9.02. The van der Waals surface area contributed by atoms with Crippen LogP contribution in [0.1, 0.15) is 39.5 Å². The van der Waals surface area contributed by atoms with Gasteiger partial charge in [-0.2, -0.15) is 5.26 Å². The highest BCUT2D eigenvalue weighted by molar-refractivity contribution is 5.06. The van der Waals surface area contributed by atoms with E-state index in [1.165, 1.54) is 25.7 Å². The van der Waals surface area contributed by atoms with Gasteiger partial charge in [0.15, 0.2) is 0 Å². The monoisotopic (exact) mass is 179 g/mol. The molecule has 2 rings (SSSR count). The SMILES string of the molecule is C[C@H]1O[C@H](C#N)[C@@H]2CCCC[C@]12C. The lowest BCUT2D eigenvalue weighted by atomic mass is 9.65. The Kier molecular flexibility index (Phi) is 2.08. The van der Waals surface area contributed by atoms with E-state index in [1.807, 2.05) is 0 Å². The number of nitrogens with zero attached hydrogens (tertiary/aromatic N) is 1. The molecule has 1 heterocycles. The highest BCUT2D eigenvalue weighted by atomic mass is 16.5. The molecule has 1 saturated carbocycles. The zero-order chi connectivity index (χ0) is 9.47. The van der Waals surface area contributed by atoms with Crippen molar-refractivity contribution in [1.82, 2.24) is 0 Å². The Bertz CT molecular complexity index is 245. The van der Waals surface area contributed by atoms with Gasteiger partial charge in [-0.1, -0.05) is 19.8 Å². The third-order valence-electron chi connectivity index (χ3n) is 4.10. The van der Waals surface area contributed by atoms with Crippen LogP contribution in [-0.2, 0) is 4.74 Å². The second-order valence-electron chi connectivity index (χ2n) is 4.69. The molecule has 1 aliphatic heterocycles. The van der Waals surface area contributed by atoms with Crippen LogP contribution < -0.4 is 0 Å². The minimum Gasteiger partial charge on any atom is -0.359 e. The standard InChI is InChI=1S/C11H17NO/c1-8-11(2)6-4-3-5-9(11)10(7-12)13-8/h8-10H,3-6H2,1-2H3/t8-,9+,10-,11-/m1/s1.